The normalized spacial score (nSPS) is 16.8. The molecule has 0 N–H and O–H groups in total. The van der Waals surface area contributed by atoms with Crippen LogP contribution in [0.15, 0.2) is 30.3 Å². The second kappa shape index (κ2) is 11.1. The molecule has 196 valence electrons. The molecular formula is C27H33N5O4S. The Morgan fingerprint density at radius 2 is 1.86 bits per heavy atom. The molecule has 0 radical (unpaired) electrons. The van der Waals surface area contributed by atoms with E-state index in [4.69, 9.17) is 9.72 Å². The fourth-order valence-electron chi connectivity index (χ4n) is 5.04. The van der Waals surface area contributed by atoms with E-state index in [-0.39, 0.29) is 16.5 Å². The Morgan fingerprint density at radius 3 is 2.59 bits per heavy atom. The van der Waals surface area contributed by atoms with Crippen molar-refractivity contribution in [2.24, 2.45) is 0 Å². The second-order valence-corrected chi connectivity index (χ2v) is 10.8. The molecule has 1 aromatic heterocycles. The van der Waals surface area contributed by atoms with Crippen LogP contribution in [0.2, 0.25) is 0 Å². The Bertz CT molecular complexity index is 1300. The average Bonchev–Trinajstić information content (AvgIpc) is 3.36. The lowest BCUT2D eigenvalue weighted by atomic mass is 10.1. The zero-order valence-electron chi connectivity index (χ0n) is 21.4. The van der Waals surface area contributed by atoms with Gasteiger partial charge in [0.2, 0.25) is 0 Å². The molecule has 0 bridgehead atoms. The first-order valence-electron chi connectivity index (χ1n) is 12.9. The number of aromatic nitrogens is 1. The predicted octanol–water partition coefficient (Wildman–Crippen LogP) is 4.79. The van der Waals surface area contributed by atoms with Crippen LogP contribution in [0.3, 0.4) is 0 Å². The summed E-state index contributed by atoms with van der Waals surface area (Å²) in [7, 11) is 0. The van der Waals surface area contributed by atoms with E-state index in [1.807, 2.05) is 13.0 Å². The van der Waals surface area contributed by atoms with Gasteiger partial charge in [0.1, 0.15) is 5.69 Å². The zero-order valence-corrected chi connectivity index (χ0v) is 22.3. The van der Waals surface area contributed by atoms with Gasteiger partial charge in [0, 0.05) is 50.9 Å². The molecule has 0 saturated carbocycles. The summed E-state index contributed by atoms with van der Waals surface area (Å²) in [5.41, 5.74) is 4.03. The van der Waals surface area contributed by atoms with Gasteiger partial charge >= 0.3 is 0 Å². The number of hydrogen-bond acceptors (Lipinski definition) is 8. The highest BCUT2D eigenvalue weighted by Crippen LogP contribution is 2.35. The van der Waals surface area contributed by atoms with Gasteiger partial charge in [0.25, 0.3) is 11.6 Å². The molecule has 9 nitrogen and oxygen atoms in total. The lowest BCUT2D eigenvalue weighted by Gasteiger charge is -2.30. The van der Waals surface area contributed by atoms with E-state index in [0.29, 0.717) is 42.7 Å². The molecule has 2 saturated heterocycles. The summed E-state index contributed by atoms with van der Waals surface area (Å²) in [5, 5.41) is 12.6. The van der Waals surface area contributed by atoms with Crippen molar-refractivity contribution in [1.82, 2.24) is 9.88 Å². The lowest BCUT2D eigenvalue weighted by molar-refractivity contribution is -0.384. The lowest BCUT2D eigenvalue weighted by Crippen LogP contribution is -2.43. The van der Waals surface area contributed by atoms with Crippen LogP contribution in [0.5, 0.6) is 0 Å². The molecular weight excluding hydrogens is 490 g/mol. The van der Waals surface area contributed by atoms with Crippen LogP contribution in [0.4, 0.5) is 16.5 Å². The summed E-state index contributed by atoms with van der Waals surface area (Å²) < 4.78 is 6.49. The van der Waals surface area contributed by atoms with Gasteiger partial charge in [-0.2, -0.15) is 0 Å². The first-order valence-corrected chi connectivity index (χ1v) is 13.8. The van der Waals surface area contributed by atoms with Crippen molar-refractivity contribution in [3.05, 3.63) is 57.1 Å². The van der Waals surface area contributed by atoms with Gasteiger partial charge in [0.15, 0.2) is 5.13 Å². The number of hydrogen-bond donors (Lipinski definition) is 0. The fourth-order valence-corrected chi connectivity index (χ4v) is 6.09. The molecule has 3 aromatic rings. The van der Waals surface area contributed by atoms with Gasteiger partial charge in [-0.15, -0.1) is 0 Å². The maximum absolute atomic E-state index is 13.9. The van der Waals surface area contributed by atoms with Crippen molar-refractivity contribution < 1.29 is 14.5 Å². The molecule has 0 unspecified atom stereocenters. The van der Waals surface area contributed by atoms with E-state index >= 15 is 0 Å². The number of ether oxygens (including phenoxy) is 1. The summed E-state index contributed by atoms with van der Waals surface area (Å²) in [4.78, 5) is 36.5. The number of amides is 1. The Balaban J connectivity index is 1.49. The molecule has 5 rings (SSSR count). The average molecular weight is 524 g/mol. The number of nitro groups is 1. The summed E-state index contributed by atoms with van der Waals surface area (Å²) in [6.45, 7) is 9.80. The number of fused-ring (bicyclic) bond motifs is 1. The largest absolute Gasteiger partial charge is 0.379 e. The van der Waals surface area contributed by atoms with Crippen LogP contribution in [-0.4, -0.2) is 73.2 Å². The van der Waals surface area contributed by atoms with Crippen molar-refractivity contribution in [2.45, 2.75) is 33.1 Å². The van der Waals surface area contributed by atoms with Crippen LogP contribution < -0.4 is 9.80 Å². The number of nitrogens with zero attached hydrogens (tertiary/aromatic N) is 5. The number of aryl methyl sites for hydroxylation is 2. The van der Waals surface area contributed by atoms with Gasteiger partial charge < -0.3 is 9.64 Å². The summed E-state index contributed by atoms with van der Waals surface area (Å²) in [5.74, 6) is -0.269. The third kappa shape index (κ3) is 5.46. The van der Waals surface area contributed by atoms with Crippen LogP contribution >= 0.6 is 11.3 Å². The highest BCUT2D eigenvalue weighted by atomic mass is 32.1. The highest BCUT2D eigenvalue weighted by molar-refractivity contribution is 7.22. The minimum atomic E-state index is -0.372. The van der Waals surface area contributed by atoms with E-state index < -0.39 is 0 Å². The van der Waals surface area contributed by atoms with Crippen molar-refractivity contribution in [2.75, 3.05) is 62.3 Å². The van der Waals surface area contributed by atoms with Crippen LogP contribution in [-0.2, 0) is 4.74 Å². The maximum atomic E-state index is 13.9. The van der Waals surface area contributed by atoms with Crippen molar-refractivity contribution >= 4 is 44.0 Å². The van der Waals surface area contributed by atoms with Gasteiger partial charge in [-0.3, -0.25) is 24.7 Å². The minimum absolute atomic E-state index is 0.0170. The topological polar surface area (TPSA) is 92.0 Å². The molecule has 0 aliphatic carbocycles. The van der Waals surface area contributed by atoms with Gasteiger partial charge in [-0.05, 0) is 62.4 Å². The number of carbonyl (C=O) groups excluding carboxylic acids is 1. The molecule has 2 fully saturated rings. The van der Waals surface area contributed by atoms with Crippen molar-refractivity contribution in [1.29, 1.82) is 0 Å². The molecule has 2 aromatic carbocycles. The molecule has 37 heavy (non-hydrogen) atoms. The molecule has 0 atom stereocenters. The number of rotatable bonds is 7. The third-order valence-corrected chi connectivity index (χ3v) is 8.45. The molecule has 10 heteroatoms. The Kier molecular flexibility index (Phi) is 7.68. The molecule has 2 aliphatic heterocycles. The minimum Gasteiger partial charge on any atom is -0.379 e. The smallest absolute Gasteiger partial charge is 0.293 e. The Hall–Kier alpha value is -3.08. The molecule has 2 aliphatic rings. The second-order valence-electron chi connectivity index (χ2n) is 9.77. The van der Waals surface area contributed by atoms with E-state index in [1.54, 1.807) is 17.0 Å². The number of piperidine rings is 1. The number of benzene rings is 2. The van der Waals surface area contributed by atoms with Crippen LogP contribution in [0, 0.1) is 24.0 Å². The number of anilines is 2. The Labute approximate surface area is 220 Å². The van der Waals surface area contributed by atoms with Gasteiger partial charge in [0.05, 0.1) is 28.4 Å². The SMILES string of the molecule is Cc1ccc2sc(N(CCN3CCOCC3)C(=O)c3ccc(N4CCCCC4)c([N+](=O)[O-])c3)nc2c1C. The molecule has 3 heterocycles. The number of morpholine rings is 1. The monoisotopic (exact) mass is 523 g/mol. The summed E-state index contributed by atoms with van der Waals surface area (Å²) >= 11 is 1.48. The van der Waals surface area contributed by atoms with Gasteiger partial charge in [-0.25, -0.2) is 4.98 Å². The van der Waals surface area contributed by atoms with Crippen molar-refractivity contribution in [3.8, 4) is 0 Å². The predicted molar refractivity (Wildman–Crippen MR) is 147 cm³/mol. The van der Waals surface area contributed by atoms with E-state index in [2.05, 4.69) is 22.8 Å². The van der Waals surface area contributed by atoms with Crippen LogP contribution in [0.1, 0.15) is 40.7 Å². The zero-order chi connectivity index (χ0) is 25.9. The number of carbonyl (C=O) groups is 1. The van der Waals surface area contributed by atoms with E-state index in [0.717, 1.165) is 66.8 Å². The quantitative estimate of drug-likeness (QED) is 0.325. The van der Waals surface area contributed by atoms with E-state index in [1.165, 1.54) is 17.4 Å². The Morgan fingerprint density at radius 1 is 1.11 bits per heavy atom. The number of nitro benzene ring substituents is 1. The summed E-state index contributed by atoms with van der Waals surface area (Å²) in [6, 6.07) is 9.02. The summed E-state index contributed by atoms with van der Waals surface area (Å²) in [6.07, 6.45) is 3.17. The fraction of sp³-hybridized carbons (Fsp3) is 0.481. The standard InChI is InChI=1S/C27H33N5O4S/c1-19-6-9-24-25(20(19)2)28-27(37-24)31(13-12-29-14-16-36-17-15-29)26(33)21-7-8-22(23(18-21)32(34)35)30-10-4-3-5-11-30/h6-9,18H,3-5,10-17H2,1-2H3. The van der Waals surface area contributed by atoms with Crippen molar-refractivity contribution in [3.63, 3.8) is 0 Å². The third-order valence-electron chi connectivity index (χ3n) is 7.41. The highest BCUT2D eigenvalue weighted by Gasteiger charge is 2.27. The first-order chi connectivity index (χ1) is 17.9. The molecule has 0 spiro atoms. The maximum Gasteiger partial charge on any atom is 0.293 e. The first kappa shape index (κ1) is 25.6. The number of thiazole rings is 1. The van der Waals surface area contributed by atoms with Gasteiger partial charge in [-0.1, -0.05) is 17.4 Å². The molecule has 1 amide bonds. The van der Waals surface area contributed by atoms with E-state index in [9.17, 15) is 14.9 Å². The van der Waals surface area contributed by atoms with Crippen LogP contribution in [0.25, 0.3) is 10.2 Å².